The molecule has 2 aromatic heterocycles. The molecule has 0 radical (unpaired) electrons. The van der Waals surface area contributed by atoms with Gasteiger partial charge in [-0.15, -0.1) is 0 Å². The molecule has 11 heteroatoms. The predicted molar refractivity (Wildman–Crippen MR) is 197 cm³/mol. The predicted octanol–water partition coefficient (Wildman–Crippen LogP) is 11.1. The van der Waals surface area contributed by atoms with Gasteiger partial charge in [0, 0.05) is 0 Å². The van der Waals surface area contributed by atoms with Gasteiger partial charge in [-0.2, -0.15) is 16.9 Å². The SMILES string of the molecule is CCCCCCCCCCCCCCCCSCCCOP(OCC1CCC(c2ccc3c(N)ncnn23)O1)Oc1ccccc1Cl. The number of fused-ring (bicyclic) bond motifs is 1. The molecule has 2 N–H and O–H groups in total. The Balaban J connectivity index is 1.06. The number of ether oxygens (including phenoxy) is 1. The normalized spacial score (nSPS) is 17.1. The van der Waals surface area contributed by atoms with E-state index in [1.807, 2.05) is 46.6 Å². The van der Waals surface area contributed by atoms with Gasteiger partial charge in [0.15, 0.2) is 5.82 Å². The highest BCUT2D eigenvalue weighted by Gasteiger charge is 2.30. The molecule has 1 fully saturated rings. The fourth-order valence-corrected chi connectivity index (χ4v) is 8.12. The van der Waals surface area contributed by atoms with Gasteiger partial charge in [0.25, 0.3) is 0 Å². The van der Waals surface area contributed by atoms with E-state index < -0.39 is 8.60 Å². The van der Waals surface area contributed by atoms with Gasteiger partial charge < -0.3 is 19.5 Å². The third kappa shape index (κ3) is 14.0. The zero-order valence-electron chi connectivity index (χ0n) is 28.3. The molecule has 0 spiro atoms. The van der Waals surface area contributed by atoms with Gasteiger partial charge in [0.05, 0.1) is 30.0 Å². The maximum atomic E-state index is 6.37. The van der Waals surface area contributed by atoms with E-state index in [9.17, 15) is 0 Å². The smallest absolute Gasteiger partial charge is 0.397 e. The average molecular weight is 707 g/mol. The van der Waals surface area contributed by atoms with E-state index in [0.29, 0.717) is 29.8 Å². The third-order valence-corrected chi connectivity index (χ3v) is 11.2. The molecule has 0 bridgehead atoms. The van der Waals surface area contributed by atoms with Crippen LogP contribution in [0.2, 0.25) is 5.02 Å². The van der Waals surface area contributed by atoms with Gasteiger partial charge in [-0.05, 0) is 61.5 Å². The maximum Gasteiger partial charge on any atom is 0.397 e. The topological polar surface area (TPSA) is 93.1 Å². The second kappa shape index (κ2) is 22.9. The summed E-state index contributed by atoms with van der Waals surface area (Å²) < 4.78 is 26.5. The number of nitrogen functional groups attached to an aromatic ring is 1. The van der Waals surface area contributed by atoms with Crippen molar-refractivity contribution in [2.45, 2.75) is 128 Å². The highest BCUT2D eigenvalue weighted by Crippen LogP contribution is 2.44. The Bertz CT molecular complexity index is 1270. The van der Waals surface area contributed by atoms with E-state index in [0.717, 1.165) is 36.2 Å². The quantitative estimate of drug-likeness (QED) is 0.0651. The summed E-state index contributed by atoms with van der Waals surface area (Å²) in [6, 6.07) is 11.4. The highest BCUT2D eigenvalue weighted by molar-refractivity contribution is 7.99. The molecule has 1 saturated heterocycles. The Morgan fingerprint density at radius 1 is 0.872 bits per heavy atom. The van der Waals surface area contributed by atoms with Crippen molar-refractivity contribution >= 4 is 43.3 Å². The van der Waals surface area contributed by atoms with Crippen molar-refractivity contribution < 1.29 is 18.3 Å². The average Bonchev–Trinajstić information content (AvgIpc) is 3.73. The summed E-state index contributed by atoms with van der Waals surface area (Å²) in [5, 5.41) is 4.90. The molecule has 1 aliphatic heterocycles. The molecule has 3 atom stereocenters. The monoisotopic (exact) mass is 706 g/mol. The van der Waals surface area contributed by atoms with Crippen LogP contribution in [0, 0.1) is 0 Å². The van der Waals surface area contributed by atoms with Gasteiger partial charge in [0.1, 0.15) is 23.7 Å². The zero-order valence-corrected chi connectivity index (χ0v) is 30.8. The summed E-state index contributed by atoms with van der Waals surface area (Å²) in [6.07, 6.45) is 23.6. The van der Waals surface area contributed by atoms with Crippen molar-refractivity contribution in [3.63, 3.8) is 0 Å². The third-order valence-electron chi connectivity index (χ3n) is 8.60. The Kier molecular flexibility index (Phi) is 18.6. The lowest BCUT2D eigenvalue weighted by Gasteiger charge is -2.20. The minimum Gasteiger partial charge on any atom is -0.425 e. The van der Waals surface area contributed by atoms with E-state index in [1.54, 1.807) is 6.07 Å². The second-order valence-electron chi connectivity index (χ2n) is 12.5. The number of nitrogens with zero attached hydrogens (tertiary/aromatic N) is 3. The fraction of sp³-hybridized carbons (Fsp3) is 0.667. The number of anilines is 1. The lowest BCUT2D eigenvalue weighted by atomic mass is 10.0. The first-order chi connectivity index (χ1) is 23.2. The van der Waals surface area contributed by atoms with E-state index in [4.69, 9.17) is 35.6 Å². The number of nitrogens with two attached hydrogens (primary N) is 1. The first-order valence-electron chi connectivity index (χ1n) is 18.0. The van der Waals surface area contributed by atoms with E-state index >= 15 is 0 Å². The summed E-state index contributed by atoms with van der Waals surface area (Å²) in [4.78, 5) is 4.08. The molecular formula is C36H56ClN4O4PS. The summed E-state index contributed by atoms with van der Waals surface area (Å²) in [5.74, 6) is 3.31. The van der Waals surface area contributed by atoms with Gasteiger partial charge in [-0.25, -0.2) is 9.50 Å². The van der Waals surface area contributed by atoms with Gasteiger partial charge in [0.2, 0.25) is 0 Å². The summed E-state index contributed by atoms with van der Waals surface area (Å²) >= 11 is 8.39. The molecule has 8 nitrogen and oxygen atoms in total. The van der Waals surface area contributed by atoms with Crippen LogP contribution >= 0.6 is 32.0 Å². The van der Waals surface area contributed by atoms with E-state index in [-0.39, 0.29) is 12.2 Å². The molecule has 262 valence electrons. The summed E-state index contributed by atoms with van der Waals surface area (Å²) in [7, 11) is -1.62. The lowest BCUT2D eigenvalue weighted by molar-refractivity contribution is 0.0109. The first kappa shape index (κ1) is 38.2. The maximum absolute atomic E-state index is 6.37. The number of thioether (sulfide) groups is 1. The fourth-order valence-electron chi connectivity index (χ4n) is 5.90. The molecule has 0 saturated carbocycles. The van der Waals surface area contributed by atoms with Gasteiger partial charge >= 0.3 is 8.60 Å². The van der Waals surface area contributed by atoms with E-state index in [2.05, 4.69) is 17.0 Å². The number of hydrogen-bond donors (Lipinski definition) is 1. The molecule has 4 rings (SSSR count). The van der Waals surface area contributed by atoms with Crippen molar-refractivity contribution in [2.75, 3.05) is 30.5 Å². The van der Waals surface area contributed by atoms with Crippen LogP contribution in [0.15, 0.2) is 42.7 Å². The largest absolute Gasteiger partial charge is 0.425 e. The van der Waals surface area contributed by atoms with Gasteiger partial charge in [-0.1, -0.05) is 114 Å². The molecule has 3 heterocycles. The Morgan fingerprint density at radius 3 is 2.28 bits per heavy atom. The second-order valence-corrected chi connectivity index (χ2v) is 15.2. The number of halogens is 1. The molecule has 3 aromatic rings. The molecular weight excluding hydrogens is 651 g/mol. The summed E-state index contributed by atoms with van der Waals surface area (Å²) in [5.41, 5.74) is 7.76. The number of rotatable bonds is 26. The molecule has 47 heavy (non-hydrogen) atoms. The lowest BCUT2D eigenvalue weighted by Crippen LogP contribution is -2.15. The van der Waals surface area contributed by atoms with Crippen molar-refractivity contribution in [1.29, 1.82) is 0 Å². The number of benzene rings is 1. The standard InChI is InChI=1S/C36H56ClN4O4PS/c1-2-3-4-5-6-7-8-9-10-11-12-13-14-17-26-47-27-18-25-42-46(45-34-20-16-15-19-31(34)37)43-28-30-21-24-35(44-30)32-22-23-33-36(38)39-29-40-41(32)33/h15-16,19-20,22-23,29-30,35H,2-14,17-18,21,24-28H2,1H3,(H2,38,39,40). The molecule has 1 aromatic carbocycles. The molecule has 3 unspecified atom stereocenters. The Hall–Kier alpha value is -1.61. The van der Waals surface area contributed by atoms with Crippen molar-refractivity contribution in [1.82, 2.24) is 14.6 Å². The number of hydrogen-bond acceptors (Lipinski definition) is 8. The molecule has 0 aliphatic carbocycles. The van der Waals surface area contributed by atoms with Crippen LogP contribution in [0.3, 0.4) is 0 Å². The van der Waals surface area contributed by atoms with Crippen LogP contribution in [-0.2, 0) is 13.8 Å². The van der Waals surface area contributed by atoms with Crippen molar-refractivity contribution in [2.24, 2.45) is 0 Å². The van der Waals surface area contributed by atoms with Crippen molar-refractivity contribution in [3.05, 3.63) is 53.4 Å². The first-order valence-corrected chi connectivity index (χ1v) is 20.6. The zero-order chi connectivity index (χ0) is 32.9. The number of unbranched alkanes of at least 4 members (excludes halogenated alkanes) is 13. The van der Waals surface area contributed by atoms with Crippen LogP contribution in [0.1, 0.15) is 128 Å². The van der Waals surface area contributed by atoms with Crippen LogP contribution in [0.4, 0.5) is 5.82 Å². The van der Waals surface area contributed by atoms with Crippen LogP contribution in [-0.4, -0.2) is 45.4 Å². The highest BCUT2D eigenvalue weighted by atomic mass is 35.5. The van der Waals surface area contributed by atoms with Gasteiger partial charge in [-0.3, -0.25) is 4.52 Å². The van der Waals surface area contributed by atoms with E-state index in [1.165, 1.54) is 102 Å². The van der Waals surface area contributed by atoms with Crippen LogP contribution < -0.4 is 10.3 Å². The summed E-state index contributed by atoms with van der Waals surface area (Å²) in [6.45, 7) is 3.24. The minimum atomic E-state index is -1.62. The molecule has 1 aliphatic rings. The van der Waals surface area contributed by atoms with Crippen molar-refractivity contribution in [3.8, 4) is 5.75 Å². The Labute approximate surface area is 293 Å². The minimum absolute atomic E-state index is 0.0751. The number of para-hydroxylation sites is 1. The van der Waals surface area contributed by atoms with Crippen LogP contribution in [0.25, 0.3) is 5.52 Å². The number of aromatic nitrogens is 3. The Morgan fingerprint density at radius 2 is 1.55 bits per heavy atom. The van der Waals surface area contributed by atoms with Crippen LogP contribution in [0.5, 0.6) is 5.75 Å². The molecule has 0 amide bonds.